The summed E-state index contributed by atoms with van der Waals surface area (Å²) in [6.45, 7) is 2.07. The molecule has 1 rings (SSSR count). The lowest BCUT2D eigenvalue weighted by atomic mass is 10.1. The molecule has 0 radical (unpaired) electrons. The number of hydrogen-bond acceptors (Lipinski definition) is 3. The number of carbonyl (C=O) groups excluding carboxylic acids is 2. The predicted octanol–water partition coefficient (Wildman–Crippen LogP) is 1.57. The molecule has 1 aromatic carbocycles. The van der Waals surface area contributed by atoms with Gasteiger partial charge in [0.2, 0.25) is 5.91 Å². The van der Waals surface area contributed by atoms with E-state index in [2.05, 4.69) is 5.32 Å². The molecule has 0 fully saturated rings. The highest BCUT2D eigenvalue weighted by Gasteiger charge is 2.38. The zero-order valence-corrected chi connectivity index (χ0v) is 11.4. The Kier molecular flexibility index (Phi) is 5.57. The van der Waals surface area contributed by atoms with Crippen LogP contribution in [0.25, 0.3) is 0 Å². The monoisotopic (exact) mass is 303 g/mol. The first-order valence-corrected chi connectivity index (χ1v) is 6.21. The van der Waals surface area contributed by atoms with Crippen LogP contribution >= 0.6 is 0 Å². The van der Waals surface area contributed by atoms with Crippen LogP contribution in [0.2, 0.25) is 0 Å². The van der Waals surface area contributed by atoms with Gasteiger partial charge in [-0.25, -0.2) is 0 Å². The maximum Gasteiger partial charge on any atom is 0.471 e. The minimum absolute atomic E-state index is 0.0973. The van der Waals surface area contributed by atoms with Crippen LogP contribution in [0.15, 0.2) is 18.2 Å². The van der Waals surface area contributed by atoms with Crippen LogP contribution in [-0.4, -0.2) is 31.1 Å². The smallest absolute Gasteiger partial charge is 0.385 e. The van der Waals surface area contributed by atoms with Crippen molar-refractivity contribution in [1.82, 2.24) is 5.32 Å². The Morgan fingerprint density at radius 1 is 1.24 bits per heavy atom. The van der Waals surface area contributed by atoms with Gasteiger partial charge < -0.3 is 16.4 Å². The van der Waals surface area contributed by atoms with Gasteiger partial charge in [0.15, 0.2) is 0 Å². The number of benzene rings is 1. The number of aryl methyl sites for hydroxylation is 1. The molecule has 2 amide bonds. The number of alkyl halides is 3. The number of nitrogens with two attached hydrogens (primary N) is 1. The molecule has 0 saturated heterocycles. The Morgan fingerprint density at radius 3 is 2.48 bits per heavy atom. The molecule has 5 nitrogen and oxygen atoms in total. The fourth-order valence-electron chi connectivity index (χ4n) is 1.58. The number of rotatable bonds is 6. The van der Waals surface area contributed by atoms with Crippen molar-refractivity contribution in [3.8, 4) is 0 Å². The van der Waals surface area contributed by atoms with Gasteiger partial charge in [0, 0.05) is 24.3 Å². The third kappa shape index (κ3) is 5.33. The molecule has 0 unspecified atom stereocenters. The lowest BCUT2D eigenvalue weighted by molar-refractivity contribution is -0.173. The number of primary amides is 1. The van der Waals surface area contributed by atoms with Gasteiger partial charge >= 0.3 is 12.1 Å². The molecule has 4 N–H and O–H groups in total. The third-order valence-corrected chi connectivity index (χ3v) is 2.73. The van der Waals surface area contributed by atoms with Crippen LogP contribution in [0.5, 0.6) is 0 Å². The summed E-state index contributed by atoms with van der Waals surface area (Å²) in [6, 6.07) is 4.88. The largest absolute Gasteiger partial charge is 0.471 e. The molecule has 8 heteroatoms. The molecule has 21 heavy (non-hydrogen) atoms. The Morgan fingerprint density at radius 2 is 1.90 bits per heavy atom. The predicted molar refractivity (Wildman–Crippen MR) is 71.9 cm³/mol. The highest BCUT2D eigenvalue weighted by Crippen LogP contribution is 2.17. The number of nitrogens with one attached hydrogen (secondary N) is 2. The molecule has 116 valence electrons. The summed E-state index contributed by atoms with van der Waals surface area (Å²) in [7, 11) is 0. The zero-order valence-electron chi connectivity index (χ0n) is 11.4. The van der Waals surface area contributed by atoms with Crippen molar-refractivity contribution in [3.05, 3.63) is 29.3 Å². The Balaban J connectivity index is 2.41. The van der Waals surface area contributed by atoms with Gasteiger partial charge in [-0.2, -0.15) is 13.2 Å². The first-order valence-electron chi connectivity index (χ1n) is 6.21. The van der Waals surface area contributed by atoms with Gasteiger partial charge in [0.05, 0.1) is 0 Å². The Labute approximate surface area is 119 Å². The molecule has 1 aromatic rings. The van der Waals surface area contributed by atoms with E-state index >= 15 is 0 Å². The van der Waals surface area contributed by atoms with Gasteiger partial charge in [0.25, 0.3) is 0 Å². The van der Waals surface area contributed by atoms with E-state index in [1.807, 2.05) is 6.92 Å². The molecule has 0 aliphatic carbocycles. The van der Waals surface area contributed by atoms with Gasteiger partial charge in [-0.3, -0.25) is 9.59 Å². The van der Waals surface area contributed by atoms with Crippen LogP contribution in [-0.2, 0) is 4.79 Å². The molecule has 0 aliphatic rings. The maximum atomic E-state index is 11.9. The number of anilines is 1. The van der Waals surface area contributed by atoms with Crippen molar-refractivity contribution in [2.45, 2.75) is 19.5 Å². The average Bonchev–Trinajstić information content (AvgIpc) is 2.38. The third-order valence-electron chi connectivity index (χ3n) is 2.73. The summed E-state index contributed by atoms with van der Waals surface area (Å²) in [4.78, 5) is 21.6. The minimum atomic E-state index is -4.86. The summed E-state index contributed by atoms with van der Waals surface area (Å²) in [6.07, 6.45) is -4.55. The zero-order chi connectivity index (χ0) is 16.0. The highest BCUT2D eigenvalue weighted by molar-refractivity contribution is 5.94. The molecule has 0 heterocycles. The normalized spacial score (nSPS) is 11.0. The van der Waals surface area contributed by atoms with Crippen LogP contribution in [0, 0.1) is 6.92 Å². The lowest BCUT2D eigenvalue weighted by Crippen LogP contribution is -2.37. The van der Waals surface area contributed by atoms with Crippen molar-refractivity contribution in [2.24, 2.45) is 5.73 Å². The van der Waals surface area contributed by atoms with Crippen LogP contribution in [0.4, 0.5) is 18.9 Å². The topological polar surface area (TPSA) is 84.2 Å². The van der Waals surface area contributed by atoms with Gasteiger partial charge in [0.1, 0.15) is 0 Å². The van der Waals surface area contributed by atoms with Crippen LogP contribution in [0.1, 0.15) is 22.3 Å². The fraction of sp³-hybridized carbons (Fsp3) is 0.385. The SMILES string of the molecule is Cc1ccc(C(N)=O)cc1NCCCNC(=O)C(F)(F)F. The fourth-order valence-corrected chi connectivity index (χ4v) is 1.58. The summed E-state index contributed by atoms with van der Waals surface area (Å²) in [5.41, 5.74) is 7.05. The van der Waals surface area contributed by atoms with E-state index in [0.29, 0.717) is 24.2 Å². The van der Waals surface area contributed by atoms with Crippen molar-refractivity contribution >= 4 is 17.5 Å². The molecule has 0 aromatic heterocycles. The quantitative estimate of drug-likeness (QED) is 0.698. The summed E-state index contributed by atoms with van der Waals surface area (Å²) >= 11 is 0. The van der Waals surface area contributed by atoms with Gasteiger partial charge in [-0.15, -0.1) is 0 Å². The first-order chi connectivity index (χ1) is 9.71. The maximum absolute atomic E-state index is 11.9. The molecule has 0 saturated carbocycles. The standard InChI is InChI=1S/C13H16F3N3O2/c1-8-3-4-9(11(17)20)7-10(8)18-5-2-6-19-12(21)13(14,15)16/h3-4,7,18H,2,5-6H2,1H3,(H2,17,20)(H,19,21). The van der Waals surface area contributed by atoms with Crippen LogP contribution in [0.3, 0.4) is 0 Å². The van der Waals surface area contributed by atoms with Gasteiger partial charge in [-0.05, 0) is 31.0 Å². The second kappa shape index (κ2) is 6.96. The van der Waals surface area contributed by atoms with Crippen molar-refractivity contribution in [1.29, 1.82) is 0 Å². The van der Waals surface area contributed by atoms with E-state index < -0.39 is 18.0 Å². The minimum Gasteiger partial charge on any atom is -0.385 e. The first kappa shape index (κ1) is 16.8. The van der Waals surface area contributed by atoms with Crippen molar-refractivity contribution < 1.29 is 22.8 Å². The molecule has 0 spiro atoms. The van der Waals surface area contributed by atoms with Crippen molar-refractivity contribution in [3.63, 3.8) is 0 Å². The molecular formula is C13H16F3N3O2. The molecule has 0 bridgehead atoms. The van der Waals surface area contributed by atoms with E-state index in [1.165, 1.54) is 0 Å². The van der Waals surface area contributed by atoms with Crippen molar-refractivity contribution in [2.75, 3.05) is 18.4 Å². The second-order valence-electron chi connectivity index (χ2n) is 4.43. The Hall–Kier alpha value is -2.25. The number of halogens is 3. The van der Waals surface area contributed by atoms with E-state index in [4.69, 9.17) is 5.73 Å². The molecule has 0 aliphatic heterocycles. The Bertz CT molecular complexity index is 530. The number of carbonyl (C=O) groups is 2. The van der Waals surface area contributed by atoms with E-state index in [0.717, 1.165) is 5.56 Å². The van der Waals surface area contributed by atoms with Crippen LogP contribution < -0.4 is 16.4 Å². The number of amides is 2. The molecular weight excluding hydrogens is 287 g/mol. The second-order valence-corrected chi connectivity index (χ2v) is 4.43. The summed E-state index contributed by atoms with van der Waals surface area (Å²) < 4.78 is 35.8. The average molecular weight is 303 g/mol. The van der Waals surface area contributed by atoms with E-state index in [1.54, 1.807) is 23.5 Å². The molecule has 0 atom stereocenters. The lowest BCUT2D eigenvalue weighted by Gasteiger charge is -2.11. The number of hydrogen-bond donors (Lipinski definition) is 3. The summed E-state index contributed by atoms with van der Waals surface area (Å²) in [5.74, 6) is -2.51. The van der Waals surface area contributed by atoms with Gasteiger partial charge in [-0.1, -0.05) is 6.07 Å². The summed E-state index contributed by atoms with van der Waals surface area (Å²) in [5, 5.41) is 4.76. The highest BCUT2D eigenvalue weighted by atomic mass is 19.4. The van der Waals surface area contributed by atoms with E-state index in [-0.39, 0.29) is 6.54 Å². The van der Waals surface area contributed by atoms with E-state index in [9.17, 15) is 22.8 Å².